The fourth-order valence-electron chi connectivity index (χ4n) is 2.47. The van der Waals surface area contributed by atoms with Crippen LogP contribution in [0, 0.1) is 0 Å². The van der Waals surface area contributed by atoms with Crippen LogP contribution in [0.4, 0.5) is 0 Å². The zero-order valence-electron chi connectivity index (χ0n) is 13.6. The average Bonchev–Trinajstić information content (AvgIpc) is 2.46. The summed E-state index contributed by atoms with van der Waals surface area (Å²) in [6.45, 7) is 10.5. The van der Waals surface area contributed by atoms with E-state index in [1.54, 1.807) is 0 Å². The summed E-state index contributed by atoms with van der Waals surface area (Å²) in [4.78, 5) is 12.8. The highest BCUT2D eigenvalue weighted by molar-refractivity contribution is 6.03. The average molecular weight is 280 g/mol. The summed E-state index contributed by atoms with van der Waals surface area (Å²) >= 11 is 0. The van der Waals surface area contributed by atoms with E-state index in [-0.39, 0.29) is 11.2 Å². The van der Waals surface area contributed by atoms with E-state index in [2.05, 4.69) is 32.9 Å². The van der Waals surface area contributed by atoms with Crippen molar-refractivity contribution in [3.63, 3.8) is 0 Å². The molecule has 2 rings (SSSR count). The molecule has 0 spiro atoms. The van der Waals surface area contributed by atoms with Crippen LogP contribution in [0.1, 0.15) is 56.1 Å². The second-order valence-electron chi connectivity index (χ2n) is 7.15. The van der Waals surface area contributed by atoms with E-state index in [0.29, 0.717) is 0 Å². The van der Waals surface area contributed by atoms with E-state index >= 15 is 0 Å². The number of carbonyl (C=O) groups excluding carboxylic acids is 1. The van der Waals surface area contributed by atoms with Crippen LogP contribution in [-0.2, 0) is 10.8 Å². The van der Waals surface area contributed by atoms with Gasteiger partial charge in [0, 0.05) is 5.56 Å². The Hall–Kier alpha value is -1.89. The SMILES string of the molecule is CC(C)(C)c1ccc(C(=O)C(C)(C)c2ccccc2)cc1. The van der Waals surface area contributed by atoms with E-state index in [1.807, 2.05) is 56.3 Å². The molecule has 0 aliphatic heterocycles. The second-order valence-corrected chi connectivity index (χ2v) is 7.15. The molecule has 0 unspecified atom stereocenters. The van der Waals surface area contributed by atoms with Crippen LogP contribution in [0.3, 0.4) is 0 Å². The topological polar surface area (TPSA) is 17.1 Å². The predicted molar refractivity (Wildman–Crippen MR) is 88.9 cm³/mol. The maximum Gasteiger partial charge on any atom is 0.172 e. The van der Waals surface area contributed by atoms with Crippen molar-refractivity contribution in [3.05, 3.63) is 71.3 Å². The minimum atomic E-state index is -0.509. The highest BCUT2D eigenvalue weighted by atomic mass is 16.1. The van der Waals surface area contributed by atoms with Crippen LogP contribution in [0.2, 0.25) is 0 Å². The molecule has 0 aliphatic rings. The smallest absolute Gasteiger partial charge is 0.172 e. The largest absolute Gasteiger partial charge is 0.293 e. The molecule has 2 aromatic carbocycles. The lowest BCUT2D eigenvalue weighted by Crippen LogP contribution is -2.29. The van der Waals surface area contributed by atoms with Gasteiger partial charge in [0.15, 0.2) is 5.78 Å². The number of hydrogen-bond acceptors (Lipinski definition) is 1. The molecule has 110 valence electrons. The zero-order chi connectivity index (χ0) is 15.7. The molecule has 0 aliphatic carbocycles. The molecule has 0 fully saturated rings. The first-order chi connectivity index (χ1) is 9.73. The Labute approximate surface area is 128 Å². The molecule has 0 aromatic heterocycles. The first-order valence-electron chi connectivity index (χ1n) is 7.44. The number of benzene rings is 2. The molecule has 0 saturated heterocycles. The van der Waals surface area contributed by atoms with Gasteiger partial charge in [0.2, 0.25) is 0 Å². The summed E-state index contributed by atoms with van der Waals surface area (Å²) in [5.41, 5.74) is 2.67. The highest BCUT2D eigenvalue weighted by Gasteiger charge is 2.30. The van der Waals surface area contributed by atoms with Gasteiger partial charge in [-0.15, -0.1) is 0 Å². The summed E-state index contributed by atoms with van der Waals surface area (Å²) in [5.74, 6) is 0.161. The fourth-order valence-corrected chi connectivity index (χ4v) is 2.47. The van der Waals surface area contributed by atoms with E-state index in [1.165, 1.54) is 5.56 Å². The molecule has 1 heteroatoms. The van der Waals surface area contributed by atoms with Crippen molar-refractivity contribution < 1.29 is 4.79 Å². The van der Waals surface area contributed by atoms with Gasteiger partial charge in [0.1, 0.15) is 0 Å². The normalized spacial score (nSPS) is 12.2. The highest BCUT2D eigenvalue weighted by Crippen LogP contribution is 2.29. The predicted octanol–water partition coefficient (Wildman–Crippen LogP) is 5.14. The summed E-state index contributed by atoms with van der Waals surface area (Å²) in [6.07, 6.45) is 0. The summed E-state index contributed by atoms with van der Waals surface area (Å²) in [7, 11) is 0. The first-order valence-corrected chi connectivity index (χ1v) is 7.44. The Morgan fingerprint density at radius 1 is 0.714 bits per heavy atom. The molecule has 2 aromatic rings. The third-order valence-corrected chi connectivity index (χ3v) is 4.08. The number of hydrogen-bond donors (Lipinski definition) is 0. The van der Waals surface area contributed by atoms with Crippen molar-refractivity contribution in [2.75, 3.05) is 0 Å². The molecule has 0 atom stereocenters. The number of rotatable bonds is 3. The van der Waals surface area contributed by atoms with Crippen LogP contribution in [-0.4, -0.2) is 5.78 Å². The number of ketones is 1. The Morgan fingerprint density at radius 3 is 1.71 bits per heavy atom. The van der Waals surface area contributed by atoms with E-state index in [9.17, 15) is 4.79 Å². The zero-order valence-corrected chi connectivity index (χ0v) is 13.6. The minimum Gasteiger partial charge on any atom is -0.293 e. The Morgan fingerprint density at radius 2 is 1.24 bits per heavy atom. The molecule has 1 nitrogen and oxygen atoms in total. The van der Waals surface area contributed by atoms with E-state index < -0.39 is 5.41 Å². The monoisotopic (exact) mass is 280 g/mol. The number of carbonyl (C=O) groups is 1. The van der Waals surface area contributed by atoms with Crippen LogP contribution in [0.25, 0.3) is 0 Å². The molecule has 0 bridgehead atoms. The van der Waals surface area contributed by atoms with Crippen molar-refractivity contribution >= 4 is 5.78 Å². The van der Waals surface area contributed by atoms with Gasteiger partial charge < -0.3 is 0 Å². The van der Waals surface area contributed by atoms with Gasteiger partial charge in [0.05, 0.1) is 5.41 Å². The van der Waals surface area contributed by atoms with Crippen molar-refractivity contribution in [1.82, 2.24) is 0 Å². The van der Waals surface area contributed by atoms with Gasteiger partial charge in [-0.05, 0) is 30.4 Å². The van der Waals surface area contributed by atoms with Gasteiger partial charge in [-0.3, -0.25) is 4.79 Å². The first kappa shape index (κ1) is 15.5. The lowest BCUT2D eigenvalue weighted by Gasteiger charge is -2.24. The van der Waals surface area contributed by atoms with E-state index in [4.69, 9.17) is 0 Å². The maximum absolute atomic E-state index is 12.8. The van der Waals surface area contributed by atoms with Crippen molar-refractivity contribution in [2.24, 2.45) is 0 Å². The standard InChI is InChI=1S/C20H24O/c1-19(2,3)16-13-11-15(12-14-16)18(21)20(4,5)17-9-7-6-8-10-17/h6-14H,1-5H3. The van der Waals surface area contributed by atoms with Gasteiger partial charge >= 0.3 is 0 Å². The van der Waals surface area contributed by atoms with Gasteiger partial charge in [-0.2, -0.15) is 0 Å². The minimum absolute atomic E-state index is 0.108. The molecular weight excluding hydrogens is 256 g/mol. The Bertz CT molecular complexity index is 613. The van der Waals surface area contributed by atoms with Crippen molar-refractivity contribution in [1.29, 1.82) is 0 Å². The van der Waals surface area contributed by atoms with Crippen LogP contribution < -0.4 is 0 Å². The van der Waals surface area contributed by atoms with Gasteiger partial charge in [-0.1, -0.05) is 75.4 Å². The van der Waals surface area contributed by atoms with Gasteiger partial charge in [0.25, 0.3) is 0 Å². The molecule has 21 heavy (non-hydrogen) atoms. The van der Waals surface area contributed by atoms with Crippen molar-refractivity contribution in [2.45, 2.75) is 45.4 Å². The van der Waals surface area contributed by atoms with Crippen LogP contribution >= 0.6 is 0 Å². The Balaban J connectivity index is 2.32. The third kappa shape index (κ3) is 3.24. The summed E-state index contributed by atoms with van der Waals surface area (Å²) in [5, 5.41) is 0. The summed E-state index contributed by atoms with van der Waals surface area (Å²) < 4.78 is 0. The van der Waals surface area contributed by atoms with E-state index in [0.717, 1.165) is 11.1 Å². The lowest BCUT2D eigenvalue weighted by molar-refractivity contribution is 0.0908. The molecular formula is C20H24O. The summed E-state index contributed by atoms with van der Waals surface area (Å²) in [6, 6.07) is 18.0. The number of Topliss-reactive ketones (excluding diaryl/α,β-unsaturated/α-hetero) is 1. The van der Waals surface area contributed by atoms with Crippen molar-refractivity contribution in [3.8, 4) is 0 Å². The fraction of sp³-hybridized carbons (Fsp3) is 0.350. The molecule has 0 saturated carbocycles. The lowest BCUT2D eigenvalue weighted by atomic mass is 9.77. The maximum atomic E-state index is 12.8. The second kappa shape index (κ2) is 5.48. The van der Waals surface area contributed by atoms with Crippen LogP contribution in [0.5, 0.6) is 0 Å². The van der Waals surface area contributed by atoms with Gasteiger partial charge in [-0.25, -0.2) is 0 Å². The molecule has 0 radical (unpaired) electrons. The molecule has 0 amide bonds. The molecule has 0 N–H and O–H groups in total. The molecule has 0 heterocycles. The Kier molecular flexibility index (Phi) is 4.04. The third-order valence-electron chi connectivity index (χ3n) is 4.08. The van der Waals surface area contributed by atoms with Crippen LogP contribution in [0.15, 0.2) is 54.6 Å². The quantitative estimate of drug-likeness (QED) is 0.711.